The summed E-state index contributed by atoms with van der Waals surface area (Å²) in [5.41, 5.74) is 4.18. The molecule has 4 N–H and O–H groups in total. The van der Waals surface area contributed by atoms with Gasteiger partial charge in [0.05, 0.1) is 6.61 Å². The summed E-state index contributed by atoms with van der Waals surface area (Å²) in [4.78, 5) is 0. The first-order valence-electron chi connectivity index (χ1n) is 8.05. The third-order valence-electron chi connectivity index (χ3n) is 4.17. The van der Waals surface area contributed by atoms with Crippen LogP contribution in [0.3, 0.4) is 0 Å². The summed E-state index contributed by atoms with van der Waals surface area (Å²) in [6.07, 6.45) is 1.14. The quantitative estimate of drug-likeness (QED) is 0.575. The van der Waals surface area contributed by atoms with Gasteiger partial charge in [-0.15, -0.1) is 0 Å². The lowest BCUT2D eigenvalue weighted by atomic mass is 9.95. The van der Waals surface area contributed by atoms with Crippen molar-refractivity contribution in [3.05, 3.63) is 88.5 Å². The van der Waals surface area contributed by atoms with Gasteiger partial charge in [-0.25, -0.2) is 0 Å². The average Bonchev–Trinajstić information content (AvgIpc) is 2.61. The Hall–Kier alpha value is -2.98. The molecule has 0 radical (unpaired) electrons. The minimum absolute atomic E-state index is 0.102. The number of hydrogen-bond donors (Lipinski definition) is 4. The van der Waals surface area contributed by atoms with Crippen LogP contribution in [-0.2, 0) is 19.4 Å². The number of aliphatic hydroxyl groups excluding tert-OH is 1. The van der Waals surface area contributed by atoms with Crippen molar-refractivity contribution in [3.8, 4) is 17.2 Å². The van der Waals surface area contributed by atoms with Crippen molar-refractivity contribution in [2.75, 3.05) is 0 Å². The van der Waals surface area contributed by atoms with Gasteiger partial charge >= 0.3 is 0 Å². The molecule has 3 aromatic carbocycles. The van der Waals surface area contributed by atoms with Crippen molar-refractivity contribution in [2.45, 2.75) is 19.4 Å². The van der Waals surface area contributed by atoms with Gasteiger partial charge in [-0.2, -0.15) is 0 Å². The van der Waals surface area contributed by atoms with Crippen LogP contribution in [0.5, 0.6) is 17.2 Å². The van der Waals surface area contributed by atoms with E-state index < -0.39 is 0 Å². The Balaban J connectivity index is 1.91. The van der Waals surface area contributed by atoms with Gasteiger partial charge in [0.2, 0.25) is 0 Å². The maximum absolute atomic E-state index is 10.4. The molecule has 0 atom stereocenters. The number of hydrogen-bond acceptors (Lipinski definition) is 4. The number of phenols is 3. The summed E-state index contributed by atoms with van der Waals surface area (Å²) < 4.78 is 0. The number of rotatable bonds is 5. The monoisotopic (exact) mass is 336 g/mol. The lowest BCUT2D eigenvalue weighted by Gasteiger charge is -2.13. The highest BCUT2D eigenvalue weighted by Gasteiger charge is 2.11. The summed E-state index contributed by atoms with van der Waals surface area (Å²) in [6, 6.07) is 17.5. The molecule has 0 aliphatic heterocycles. The van der Waals surface area contributed by atoms with Crippen molar-refractivity contribution in [1.82, 2.24) is 0 Å². The molecule has 0 spiro atoms. The normalized spacial score (nSPS) is 10.8. The van der Waals surface area contributed by atoms with Gasteiger partial charge in [-0.1, -0.05) is 30.3 Å². The molecule has 3 aromatic rings. The maximum Gasteiger partial charge on any atom is 0.124 e. The first-order valence-corrected chi connectivity index (χ1v) is 8.05. The number of aliphatic hydroxyl groups is 1. The highest BCUT2D eigenvalue weighted by molar-refractivity contribution is 5.47. The Morgan fingerprint density at radius 2 is 1.04 bits per heavy atom. The van der Waals surface area contributed by atoms with E-state index in [1.54, 1.807) is 42.5 Å². The lowest BCUT2D eigenvalue weighted by Crippen LogP contribution is -1.98. The Bertz CT molecular complexity index is 852. The van der Waals surface area contributed by atoms with Crippen LogP contribution in [0.1, 0.15) is 27.8 Å². The Labute approximate surface area is 146 Å². The van der Waals surface area contributed by atoms with Crippen molar-refractivity contribution >= 4 is 0 Å². The summed E-state index contributed by atoms with van der Waals surface area (Å²) in [5, 5.41) is 38.7. The van der Waals surface area contributed by atoms with Crippen molar-refractivity contribution in [3.63, 3.8) is 0 Å². The molecule has 0 saturated carbocycles. The summed E-state index contributed by atoms with van der Waals surface area (Å²) in [6.45, 7) is -0.238. The standard InChI is InChI=1S/C21H20O4/c22-13-18-12-16(9-14-1-5-19(23)6-2-14)11-17(21(18)25)10-15-3-7-20(24)8-4-15/h1-8,11-12,22-25H,9-10,13H2. The summed E-state index contributed by atoms with van der Waals surface area (Å²) >= 11 is 0. The highest BCUT2D eigenvalue weighted by Crippen LogP contribution is 2.29. The van der Waals surface area contributed by atoms with Gasteiger partial charge in [0.1, 0.15) is 17.2 Å². The van der Waals surface area contributed by atoms with E-state index in [0.29, 0.717) is 18.4 Å². The van der Waals surface area contributed by atoms with Gasteiger partial charge < -0.3 is 20.4 Å². The Kier molecular flexibility index (Phi) is 4.91. The van der Waals surface area contributed by atoms with Gasteiger partial charge in [-0.05, 0) is 59.0 Å². The summed E-state index contributed by atoms with van der Waals surface area (Å²) in [7, 11) is 0. The van der Waals surface area contributed by atoms with E-state index in [-0.39, 0.29) is 23.9 Å². The molecule has 0 saturated heterocycles. The van der Waals surface area contributed by atoms with Crippen LogP contribution in [0.15, 0.2) is 60.7 Å². The van der Waals surface area contributed by atoms with E-state index in [1.807, 2.05) is 18.2 Å². The average molecular weight is 336 g/mol. The Morgan fingerprint density at radius 1 is 0.560 bits per heavy atom. The Morgan fingerprint density at radius 3 is 1.56 bits per heavy atom. The second-order valence-electron chi connectivity index (χ2n) is 6.11. The molecule has 0 amide bonds. The minimum atomic E-state index is -0.238. The molecule has 25 heavy (non-hydrogen) atoms. The molecule has 0 heterocycles. The molecule has 0 aliphatic carbocycles. The topological polar surface area (TPSA) is 80.9 Å². The fourth-order valence-corrected chi connectivity index (χ4v) is 2.87. The third kappa shape index (κ3) is 4.11. The second kappa shape index (κ2) is 7.28. The van der Waals surface area contributed by atoms with E-state index in [1.165, 1.54) is 0 Å². The predicted octanol–water partition coefficient (Wildman–Crippen LogP) is 3.48. The van der Waals surface area contributed by atoms with E-state index in [4.69, 9.17) is 0 Å². The summed E-state index contributed by atoms with van der Waals surface area (Å²) in [5.74, 6) is 0.522. The molecule has 0 unspecified atom stereocenters. The van der Waals surface area contributed by atoms with Gasteiger partial charge in [0.15, 0.2) is 0 Å². The number of benzene rings is 3. The molecule has 4 nitrogen and oxygen atoms in total. The first kappa shape index (κ1) is 16.9. The van der Waals surface area contributed by atoms with Gasteiger partial charge in [0, 0.05) is 12.0 Å². The fraction of sp³-hybridized carbons (Fsp3) is 0.143. The fourth-order valence-electron chi connectivity index (χ4n) is 2.87. The van der Waals surface area contributed by atoms with Crippen molar-refractivity contribution in [1.29, 1.82) is 0 Å². The van der Waals surface area contributed by atoms with Gasteiger partial charge in [-0.3, -0.25) is 0 Å². The highest BCUT2D eigenvalue weighted by atomic mass is 16.3. The largest absolute Gasteiger partial charge is 0.508 e. The lowest BCUT2D eigenvalue weighted by molar-refractivity contribution is 0.275. The molecule has 0 aliphatic rings. The molecule has 0 aromatic heterocycles. The second-order valence-corrected chi connectivity index (χ2v) is 6.11. The first-order chi connectivity index (χ1) is 12.0. The maximum atomic E-state index is 10.4. The van der Waals surface area contributed by atoms with Crippen LogP contribution < -0.4 is 0 Å². The molecular weight excluding hydrogens is 316 g/mol. The van der Waals surface area contributed by atoms with Crippen molar-refractivity contribution < 1.29 is 20.4 Å². The molecule has 0 fully saturated rings. The van der Waals surface area contributed by atoms with Crippen LogP contribution in [-0.4, -0.2) is 20.4 Å². The van der Waals surface area contributed by atoms with E-state index in [9.17, 15) is 20.4 Å². The van der Waals surface area contributed by atoms with E-state index in [0.717, 1.165) is 22.3 Å². The number of aromatic hydroxyl groups is 3. The van der Waals surface area contributed by atoms with Crippen LogP contribution in [0.25, 0.3) is 0 Å². The van der Waals surface area contributed by atoms with E-state index in [2.05, 4.69) is 0 Å². The van der Waals surface area contributed by atoms with Crippen LogP contribution in [0, 0.1) is 0 Å². The minimum Gasteiger partial charge on any atom is -0.508 e. The zero-order valence-corrected chi connectivity index (χ0v) is 13.7. The molecule has 128 valence electrons. The van der Waals surface area contributed by atoms with Crippen LogP contribution in [0.2, 0.25) is 0 Å². The molecule has 4 heteroatoms. The molecular formula is C21H20O4. The smallest absolute Gasteiger partial charge is 0.124 e. The van der Waals surface area contributed by atoms with Crippen LogP contribution in [0.4, 0.5) is 0 Å². The molecule has 0 bridgehead atoms. The number of phenolic OH excluding ortho intramolecular Hbond substituents is 2. The third-order valence-corrected chi connectivity index (χ3v) is 4.17. The van der Waals surface area contributed by atoms with Crippen LogP contribution >= 0.6 is 0 Å². The molecule has 3 rings (SSSR count). The van der Waals surface area contributed by atoms with E-state index >= 15 is 0 Å². The zero-order valence-electron chi connectivity index (χ0n) is 13.7. The van der Waals surface area contributed by atoms with Gasteiger partial charge in [0.25, 0.3) is 0 Å². The predicted molar refractivity (Wildman–Crippen MR) is 95.9 cm³/mol. The van der Waals surface area contributed by atoms with Crippen molar-refractivity contribution in [2.24, 2.45) is 0 Å². The SMILES string of the molecule is OCc1cc(Cc2ccc(O)cc2)cc(Cc2ccc(O)cc2)c1O. The zero-order chi connectivity index (χ0) is 17.8.